The van der Waals surface area contributed by atoms with Crippen molar-refractivity contribution >= 4 is 11.6 Å². The molecule has 19 heavy (non-hydrogen) atoms. The third-order valence-electron chi connectivity index (χ3n) is 2.88. The van der Waals surface area contributed by atoms with Crippen LogP contribution in [0.1, 0.15) is 23.3 Å². The summed E-state index contributed by atoms with van der Waals surface area (Å²) in [7, 11) is 1.54. The number of methoxy groups -OCH3 is 1. The fraction of sp³-hybridized carbons (Fsp3) is 0.214. The maximum atomic E-state index is 10.3. The summed E-state index contributed by atoms with van der Waals surface area (Å²) in [6, 6.07) is 9.93. The van der Waals surface area contributed by atoms with Gasteiger partial charge >= 0.3 is 0 Å². The molecule has 2 rings (SSSR count). The summed E-state index contributed by atoms with van der Waals surface area (Å²) in [6.07, 6.45) is 0.756. The van der Waals surface area contributed by atoms with Crippen molar-refractivity contribution in [3.05, 3.63) is 58.7 Å². The summed E-state index contributed by atoms with van der Waals surface area (Å²) >= 11 is 5.90. The normalized spacial score (nSPS) is 13.9. The van der Waals surface area contributed by atoms with Crippen LogP contribution in [0.2, 0.25) is 5.02 Å². The van der Waals surface area contributed by atoms with Crippen LogP contribution in [0.15, 0.2) is 42.6 Å². The molecule has 0 aliphatic rings. The number of nitrogens with zero attached hydrogens (tertiary/aromatic N) is 1. The molecule has 4 nitrogen and oxygen atoms in total. The average Bonchev–Trinajstić information content (AvgIpc) is 2.46. The maximum Gasteiger partial charge on any atom is 0.212 e. The molecule has 0 aliphatic carbocycles. The standard InChI is InChI=1S/C14H15ClN2O2/c1-19-12-6-5-10(8-17-12)13(16)14(18)9-3-2-4-11(15)7-9/h2-8,13-14,18H,16H2,1H3/t13-,14?/m1/s1. The van der Waals surface area contributed by atoms with E-state index < -0.39 is 12.1 Å². The zero-order valence-electron chi connectivity index (χ0n) is 10.5. The lowest BCUT2D eigenvalue weighted by atomic mass is 9.98. The SMILES string of the molecule is COc1ccc([C@@H](N)C(O)c2cccc(Cl)c2)cn1. The summed E-state index contributed by atoms with van der Waals surface area (Å²) in [5.74, 6) is 0.508. The van der Waals surface area contributed by atoms with E-state index in [1.165, 1.54) is 0 Å². The minimum Gasteiger partial charge on any atom is -0.481 e. The number of aromatic nitrogens is 1. The van der Waals surface area contributed by atoms with Crippen molar-refractivity contribution in [2.45, 2.75) is 12.1 Å². The van der Waals surface area contributed by atoms with Gasteiger partial charge in [0, 0.05) is 17.3 Å². The van der Waals surface area contributed by atoms with Crippen LogP contribution < -0.4 is 10.5 Å². The lowest BCUT2D eigenvalue weighted by Gasteiger charge is -2.19. The zero-order valence-corrected chi connectivity index (χ0v) is 11.2. The van der Waals surface area contributed by atoms with Gasteiger partial charge in [0.25, 0.3) is 0 Å². The van der Waals surface area contributed by atoms with Gasteiger partial charge in [0.15, 0.2) is 0 Å². The molecule has 3 N–H and O–H groups in total. The topological polar surface area (TPSA) is 68.4 Å². The second kappa shape index (κ2) is 6.02. The molecule has 0 aliphatic heterocycles. The van der Waals surface area contributed by atoms with Crippen LogP contribution in [0.25, 0.3) is 0 Å². The van der Waals surface area contributed by atoms with E-state index >= 15 is 0 Å². The molecule has 0 saturated heterocycles. The van der Waals surface area contributed by atoms with Crippen LogP contribution in [0.5, 0.6) is 5.88 Å². The summed E-state index contributed by atoms with van der Waals surface area (Å²) < 4.78 is 4.98. The van der Waals surface area contributed by atoms with E-state index in [-0.39, 0.29) is 0 Å². The molecule has 1 unspecified atom stereocenters. The van der Waals surface area contributed by atoms with Gasteiger partial charge in [-0.25, -0.2) is 4.98 Å². The molecule has 0 radical (unpaired) electrons. The van der Waals surface area contributed by atoms with Crippen molar-refractivity contribution in [3.63, 3.8) is 0 Å². The highest BCUT2D eigenvalue weighted by Gasteiger charge is 2.19. The minimum atomic E-state index is -0.839. The highest BCUT2D eigenvalue weighted by molar-refractivity contribution is 6.30. The largest absolute Gasteiger partial charge is 0.481 e. The van der Waals surface area contributed by atoms with Crippen LogP contribution in [-0.2, 0) is 0 Å². The van der Waals surface area contributed by atoms with Crippen LogP contribution in [0, 0.1) is 0 Å². The molecule has 1 aromatic heterocycles. The van der Waals surface area contributed by atoms with E-state index in [4.69, 9.17) is 22.1 Å². The number of aliphatic hydroxyl groups excluding tert-OH is 1. The van der Waals surface area contributed by atoms with Gasteiger partial charge in [-0.2, -0.15) is 0 Å². The van der Waals surface area contributed by atoms with Gasteiger partial charge in [0.1, 0.15) is 0 Å². The van der Waals surface area contributed by atoms with Gasteiger partial charge in [-0.3, -0.25) is 0 Å². The first kappa shape index (κ1) is 13.8. The van der Waals surface area contributed by atoms with Gasteiger partial charge < -0.3 is 15.6 Å². The van der Waals surface area contributed by atoms with Crippen molar-refractivity contribution in [1.82, 2.24) is 4.98 Å². The Kier molecular flexibility index (Phi) is 4.37. The number of hydrogen-bond acceptors (Lipinski definition) is 4. The third kappa shape index (κ3) is 3.23. The molecule has 1 aromatic carbocycles. The van der Waals surface area contributed by atoms with Gasteiger partial charge in [-0.15, -0.1) is 0 Å². The van der Waals surface area contributed by atoms with E-state index in [0.29, 0.717) is 16.5 Å². The Balaban J connectivity index is 2.20. The molecule has 100 valence electrons. The maximum absolute atomic E-state index is 10.3. The van der Waals surface area contributed by atoms with E-state index in [2.05, 4.69) is 4.98 Å². The monoisotopic (exact) mass is 278 g/mol. The average molecular weight is 279 g/mol. The van der Waals surface area contributed by atoms with Crippen LogP contribution in [0.3, 0.4) is 0 Å². The summed E-state index contributed by atoms with van der Waals surface area (Å²) in [4.78, 5) is 4.07. The molecule has 5 heteroatoms. The second-order valence-electron chi connectivity index (χ2n) is 4.16. The molecule has 0 amide bonds. The summed E-state index contributed by atoms with van der Waals surface area (Å²) in [6.45, 7) is 0. The quantitative estimate of drug-likeness (QED) is 0.901. The molecule has 0 saturated carbocycles. The molecule has 0 fully saturated rings. The smallest absolute Gasteiger partial charge is 0.212 e. The lowest BCUT2D eigenvalue weighted by Crippen LogP contribution is -2.19. The van der Waals surface area contributed by atoms with Gasteiger partial charge in [-0.1, -0.05) is 29.8 Å². The molecule has 2 atom stereocenters. The van der Waals surface area contributed by atoms with Crippen LogP contribution in [-0.4, -0.2) is 17.2 Å². The second-order valence-corrected chi connectivity index (χ2v) is 4.60. The van der Waals surface area contributed by atoms with Gasteiger partial charge in [0.05, 0.1) is 19.3 Å². The predicted octanol–water partition coefficient (Wildman–Crippen LogP) is 2.48. The molecular weight excluding hydrogens is 264 g/mol. The number of hydrogen-bond donors (Lipinski definition) is 2. The zero-order chi connectivity index (χ0) is 13.8. The van der Waals surface area contributed by atoms with E-state index in [0.717, 1.165) is 5.56 Å². The fourth-order valence-corrected chi connectivity index (χ4v) is 1.99. The summed E-state index contributed by atoms with van der Waals surface area (Å²) in [5, 5.41) is 10.8. The molecule has 0 spiro atoms. The highest BCUT2D eigenvalue weighted by Crippen LogP contribution is 2.28. The first-order chi connectivity index (χ1) is 9.11. The van der Waals surface area contributed by atoms with Crippen molar-refractivity contribution in [2.24, 2.45) is 5.73 Å². The van der Waals surface area contributed by atoms with Crippen molar-refractivity contribution in [2.75, 3.05) is 7.11 Å². The Bertz CT molecular complexity index is 545. The summed E-state index contributed by atoms with van der Waals surface area (Å²) in [5.41, 5.74) is 7.44. The number of benzene rings is 1. The number of nitrogens with two attached hydrogens (primary N) is 1. The van der Waals surface area contributed by atoms with Crippen LogP contribution >= 0.6 is 11.6 Å². The van der Waals surface area contributed by atoms with Crippen molar-refractivity contribution < 1.29 is 9.84 Å². The van der Waals surface area contributed by atoms with Crippen molar-refractivity contribution in [3.8, 4) is 5.88 Å². The lowest BCUT2D eigenvalue weighted by molar-refractivity contribution is 0.147. The Hall–Kier alpha value is -1.62. The Labute approximate surface area is 116 Å². The number of aliphatic hydroxyl groups is 1. The van der Waals surface area contributed by atoms with E-state index in [1.807, 2.05) is 0 Å². The molecular formula is C14H15ClN2O2. The van der Waals surface area contributed by atoms with Crippen LogP contribution in [0.4, 0.5) is 0 Å². The Morgan fingerprint density at radius 2 is 2.05 bits per heavy atom. The number of rotatable bonds is 4. The van der Waals surface area contributed by atoms with Gasteiger partial charge in [0.2, 0.25) is 5.88 Å². The third-order valence-corrected chi connectivity index (χ3v) is 3.12. The molecule has 0 bridgehead atoms. The number of halogens is 1. The minimum absolute atomic E-state index is 0.508. The Morgan fingerprint density at radius 1 is 1.26 bits per heavy atom. The first-order valence-corrected chi connectivity index (χ1v) is 6.18. The number of ether oxygens (including phenoxy) is 1. The van der Waals surface area contributed by atoms with E-state index in [1.54, 1.807) is 49.7 Å². The fourth-order valence-electron chi connectivity index (χ4n) is 1.79. The van der Waals surface area contributed by atoms with E-state index in [9.17, 15) is 5.11 Å². The highest BCUT2D eigenvalue weighted by atomic mass is 35.5. The Morgan fingerprint density at radius 3 is 2.63 bits per heavy atom. The molecule has 1 heterocycles. The van der Waals surface area contributed by atoms with Gasteiger partial charge in [-0.05, 0) is 23.3 Å². The first-order valence-electron chi connectivity index (χ1n) is 5.81. The van der Waals surface area contributed by atoms with Crippen molar-refractivity contribution in [1.29, 1.82) is 0 Å². The predicted molar refractivity (Wildman–Crippen MR) is 74.1 cm³/mol. The number of pyridine rings is 1. The molecule has 2 aromatic rings.